The van der Waals surface area contributed by atoms with Crippen LogP contribution in [0.3, 0.4) is 0 Å². The molecule has 0 saturated heterocycles. The van der Waals surface area contributed by atoms with Crippen molar-refractivity contribution < 1.29 is 4.39 Å². The second-order valence-electron chi connectivity index (χ2n) is 3.98. The van der Waals surface area contributed by atoms with Crippen molar-refractivity contribution in [2.75, 3.05) is 5.73 Å². The van der Waals surface area contributed by atoms with Gasteiger partial charge in [-0.05, 0) is 24.3 Å². The van der Waals surface area contributed by atoms with Crippen molar-refractivity contribution in [3.05, 3.63) is 53.8 Å². The van der Waals surface area contributed by atoms with Crippen LogP contribution in [-0.2, 0) is 0 Å². The molecule has 2 heterocycles. The van der Waals surface area contributed by atoms with Crippen LogP contribution >= 0.6 is 11.3 Å². The highest BCUT2D eigenvalue weighted by Crippen LogP contribution is 2.31. The molecular weight excluding hydrogens is 261 g/mol. The van der Waals surface area contributed by atoms with Gasteiger partial charge < -0.3 is 5.73 Å². The van der Waals surface area contributed by atoms with Crippen LogP contribution in [0.25, 0.3) is 21.8 Å². The smallest absolute Gasteiger partial charge is 0.133 e. The third-order valence-corrected chi connectivity index (χ3v) is 3.57. The molecule has 94 valence electrons. The van der Waals surface area contributed by atoms with Gasteiger partial charge in [-0.15, -0.1) is 11.3 Å². The minimum Gasteiger partial charge on any atom is -0.383 e. The largest absolute Gasteiger partial charge is 0.383 e. The number of nitrogens with zero attached hydrogens (tertiary/aromatic N) is 2. The fourth-order valence-corrected chi connectivity index (χ4v) is 2.64. The number of hydrogen-bond acceptors (Lipinski definition) is 4. The first-order valence-corrected chi connectivity index (χ1v) is 6.54. The molecule has 2 aromatic heterocycles. The van der Waals surface area contributed by atoms with Gasteiger partial charge in [0.25, 0.3) is 0 Å². The second-order valence-corrected chi connectivity index (χ2v) is 4.84. The maximum atomic E-state index is 13.2. The lowest BCUT2D eigenvalue weighted by Crippen LogP contribution is -1.92. The molecule has 3 aromatic rings. The van der Waals surface area contributed by atoms with E-state index >= 15 is 0 Å². The third kappa shape index (κ3) is 2.32. The topological polar surface area (TPSA) is 51.8 Å². The van der Waals surface area contributed by atoms with E-state index in [4.69, 9.17) is 5.73 Å². The number of nitrogens with two attached hydrogens (primary N) is 1. The van der Waals surface area contributed by atoms with E-state index in [2.05, 4.69) is 9.97 Å². The zero-order valence-corrected chi connectivity index (χ0v) is 10.7. The van der Waals surface area contributed by atoms with Crippen LogP contribution in [0.2, 0.25) is 0 Å². The van der Waals surface area contributed by atoms with Crippen LogP contribution in [0.5, 0.6) is 0 Å². The van der Waals surface area contributed by atoms with Crippen molar-refractivity contribution in [1.82, 2.24) is 9.97 Å². The number of thiazole rings is 1. The predicted octanol–water partition coefficient (Wildman–Crippen LogP) is 3.59. The fraction of sp³-hybridized carbons (Fsp3) is 0. The van der Waals surface area contributed by atoms with E-state index in [0.717, 1.165) is 21.8 Å². The van der Waals surface area contributed by atoms with Crippen LogP contribution in [0.1, 0.15) is 0 Å². The number of pyridine rings is 1. The van der Waals surface area contributed by atoms with E-state index in [-0.39, 0.29) is 5.82 Å². The first-order chi connectivity index (χ1) is 9.24. The first kappa shape index (κ1) is 11.8. The van der Waals surface area contributed by atoms with Crippen molar-refractivity contribution >= 4 is 17.2 Å². The summed E-state index contributed by atoms with van der Waals surface area (Å²) in [6.45, 7) is 0. The molecule has 5 heteroatoms. The Morgan fingerprint density at radius 3 is 2.84 bits per heavy atom. The zero-order valence-electron chi connectivity index (χ0n) is 9.88. The Kier molecular flexibility index (Phi) is 2.97. The Balaban J connectivity index is 2.03. The number of nitrogen functional groups attached to an aromatic ring is 1. The van der Waals surface area contributed by atoms with E-state index in [9.17, 15) is 4.39 Å². The average molecular weight is 271 g/mol. The molecule has 0 aliphatic rings. The van der Waals surface area contributed by atoms with Crippen molar-refractivity contribution in [2.45, 2.75) is 0 Å². The molecule has 0 bridgehead atoms. The van der Waals surface area contributed by atoms with Crippen LogP contribution in [0.15, 0.2) is 48.0 Å². The quantitative estimate of drug-likeness (QED) is 0.775. The number of rotatable bonds is 2. The summed E-state index contributed by atoms with van der Waals surface area (Å²) in [6, 6.07) is 10.1. The molecule has 0 fully saturated rings. The molecule has 0 radical (unpaired) electrons. The molecule has 3 nitrogen and oxygen atoms in total. The van der Waals surface area contributed by atoms with E-state index < -0.39 is 0 Å². The summed E-state index contributed by atoms with van der Waals surface area (Å²) < 4.78 is 13.2. The van der Waals surface area contributed by atoms with Gasteiger partial charge in [-0.1, -0.05) is 12.1 Å². The highest BCUT2D eigenvalue weighted by atomic mass is 32.1. The van der Waals surface area contributed by atoms with Gasteiger partial charge in [0.2, 0.25) is 0 Å². The molecule has 0 atom stereocenters. The number of aromatic nitrogens is 2. The normalized spacial score (nSPS) is 10.6. The van der Waals surface area contributed by atoms with Gasteiger partial charge in [-0.3, -0.25) is 0 Å². The molecule has 2 N–H and O–H groups in total. The molecule has 1 aromatic carbocycles. The van der Waals surface area contributed by atoms with Crippen LogP contribution in [0, 0.1) is 5.82 Å². The Morgan fingerprint density at radius 1 is 1.16 bits per heavy atom. The molecule has 19 heavy (non-hydrogen) atoms. The van der Waals surface area contributed by atoms with Crippen molar-refractivity contribution in [3.63, 3.8) is 0 Å². The van der Waals surface area contributed by atoms with Crippen LogP contribution in [0.4, 0.5) is 10.2 Å². The van der Waals surface area contributed by atoms with Crippen molar-refractivity contribution in [3.8, 4) is 21.8 Å². The third-order valence-electron chi connectivity index (χ3n) is 2.69. The number of hydrogen-bond donors (Lipinski definition) is 1. The van der Waals surface area contributed by atoms with E-state index in [1.165, 1.54) is 23.5 Å². The standard InChI is InChI=1S/C14H10FN3S/c15-10-4-1-3-9(7-10)12-8-19-14(18-12)11-5-2-6-17-13(11)16/h1-8H,(H2,16,17). The Bertz CT molecular complexity index is 724. The molecule has 0 saturated carbocycles. The summed E-state index contributed by atoms with van der Waals surface area (Å²) in [4.78, 5) is 8.52. The van der Waals surface area contributed by atoms with Gasteiger partial charge in [0.05, 0.1) is 11.3 Å². The SMILES string of the molecule is Nc1ncccc1-c1nc(-c2cccc(F)c2)cs1. The Morgan fingerprint density at radius 2 is 2.05 bits per heavy atom. The minimum atomic E-state index is -0.270. The maximum absolute atomic E-state index is 13.2. The van der Waals surface area contributed by atoms with Gasteiger partial charge in [-0.2, -0.15) is 0 Å². The van der Waals surface area contributed by atoms with E-state index in [1.807, 2.05) is 23.6 Å². The minimum absolute atomic E-state index is 0.270. The average Bonchev–Trinajstić information content (AvgIpc) is 2.89. The van der Waals surface area contributed by atoms with Crippen molar-refractivity contribution in [2.24, 2.45) is 0 Å². The summed E-state index contributed by atoms with van der Waals surface area (Å²) >= 11 is 1.46. The Hall–Kier alpha value is -2.27. The molecule has 0 amide bonds. The molecule has 0 spiro atoms. The number of anilines is 1. The lowest BCUT2D eigenvalue weighted by Gasteiger charge is -1.99. The van der Waals surface area contributed by atoms with Crippen molar-refractivity contribution in [1.29, 1.82) is 0 Å². The first-order valence-electron chi connectivity index (χ1n) is 5.66. The molecule has 0 aliphatic carbocycles. The predicted molar refractivity (Wildman–Crippen MR) is 75.2 cm³/mol. The van der Waals surface area contributed by atoms with Gasteiger partial charge in [0, 0.05) is 17.1 Å². The van der Waals surface area contributed by atoms with Crippen LogP contribution < -0.4 is 5.73 Å². The summed E-state index contributed by atoms with van der Waals surface area (Å²) in [5.41, 5.74) is 8.11. The summed E-state index contributed by atoms with van der Waals surface area (Å²) in [6.07, 6.45) is 1.64. The lowest BCUT2D eigenvalue weighted by atomic mass is 10.2. The van der Waals surface area contributed by atoms with E-state index in [1.54, 1.807) is 12.3 Å². The summed E-state index contributed by atoms with van der Waals surface area (Å²) in [5, 5.41) is 2.67. The monoisotopic (exact) mass is 271 g/mol. The molecule has 0 unspecified atom stereocenters. The Labute approximate surface area is 113 Å². The highest BCUT2D eigenvalue weighted by molar-refractivity contribution is 7.13. The number of halogens is 1. The van der Waals surface area contributed by atoms with Gasteiger partial charge in [0.15, 0.2) is 0 Å². The maximum Gasteiger partial charge on any atom is 0.133 e. The second kappa shape index (κ2) is 4.78. The van der Waals surface area contributed by atoms with Gasteiger partial charge >= 0.3 is 0 Å². The molecule has 0 aliphatic heterocycles. The molecular formula is C14H10FN3S. The zero-order chi connectivity index (χ0) is 13.2. The highest BCUT2D eigenvalue weighted by Gasteiger charge is 2.09. The van der Waals surface area contributed by atoms with Crippen LogP contribution in [-0.4, -0.2) is 9.97 Å². The van der Waals surface area contributed by atoms with Gasteiger partial charge in [-0.25, -0.2) is 14.4 Å². The molecule has 3 rings (SSSR count). The van der Waals surface area contributed by atoms with E-state index in [0.29, 0.717) is 5.82 Å². The van der Waals surface area contributed by atoms with Gasteiger partial charge in [0.1, 0.15) is 16.6 Å². The summed E-state index contributed by atoms with van der Waals surface area (Å²) in [7, 11) is 0. The fourth-order valence-electron chi connectivity index (χ4n) is 1.78. The summed E-state index contributed by atoms with van der Waals surface area (Å²) in [5.74, 6) is 0.176. The lowest BCUT2D eigenvalue weighted by molar-refractivity contribution is 0.628. The number of benzene rings is 1.